The van der Waals surface area contributed by atoms with Gasteiger partial charge in [0.15, 0.2) is 11.5 Å². The minimum absolute atomic E-state index is 0.00657. The zero-order chi connectivity index (χ0) is 26.9. The highest BCUT2D eigenvalue weighted by Crippen LogP contribution is 2.37. The van der Waals surface area contributed by atoms with Crippen molar-refractivity contribution < 1.29 is 27.1 Å². The molecule has 3 heterocycles. The molecule has 5 aromatic rings. The molecular formula is C27H22F3N5O3. The van der Waals surface area contributed by atoms with Crippen molar-refractivity contribution in [1.82, 2.24) is 19.9 Å². The van der Waals surface area contributed by atoms with Gasteiger partial charge in [0.25, 0.3) is 5.91 Å². The Morgan fingerprint density at radius 2 is 1.87 bits per heavy atom. The topological polar surface area (TPSA) is 108 Å². The van der Waals surface area contributed by atoms with Crippen molar-refractivity contribution in [1.29, 1.82) is 0 Å². The van der Waals surface area contributed by atoms with E-state index in [0.717, 1.165) is 17.3 Å². The van der Waals surface area contributed by atoms with E-state index in [1.54, 1.807) is 6.07 Å². The third-order valence-electron chi connectivity index (χ3n) is 5.92. The molecule has 0 radical (unpaired) electrons. The maximum absolute atomic E-state index is 13.3. The van der Waals surface area contributed by atoms with E-state index in [2.05, 4.69) is 15.3 Å². The van der Waals surface area contributed by atoms with Crippen LogP contribution in [0.2, 0.25) is 0 Å². The predicted molar refractivity (Wildman–Crippen MR) is 134 cm³/mol. The van der Waals surface area contributed by atoms with Gasteiger partial charge in [0.05, 0.1) is 13.7 Å². The normalized spacial score (nSPS) is 11.6. The van der Waals surface area contributed by atoms with Crippen LogP contribution < -0.4 is 15.8 Å². The van der Waals surface area contributed by atoms with Gasteiger partial charge in [-0.3, -0.25) is 4.79 Å². The number of pyridine rings is 1. The number of oxazole rings is 1. The first-order valence-electron chi connectivity index (χ1n) is 11.5. The highest BCUT2D eigenvalue weighted by Gasteiger charge is 2.33. The van der Waals surface area contributed by atoms with Crippen molar-refractivity contribution in [2.45, 2.75) is 19.3 Å². The number of aromatic nitrogens is 3. The molecule has 0 bridgehead atoms. The van der Waals surface area contributed by atoms with E-state index in [1.165, 1.54) is 19.2 Å². The molecule has 0 aliphatic heterocycles. The van der Waals surface area contributed by atoms with Gasteiger partial charge >= 0.3 is 6.18 Å². The quantitative estimate of drug-likeness (QED) is 0.309. The number of hydrogen-bond donors (Lipinski definition) is 2. The van der Waals surface area contributed by atoms with Gasteiger partial charge < -0.3 is 24.8 Å². The van der Waals surface area contributed by atoms with Crippen LogP contribution >= 0.6 is 0 Å². The zero-order valence-corrected chi connectivity index (χ0v) is 20.1. The number of halogens is 3. The van der Waals surface area contributed by atoms with Crippen LogP contribution in [0.5, 0.6) is 5.75 Å². The number of nitrogens with one attached hydrogen (secondary N) is 1. The number of hydrogen-bond acceptors (Lipinski definition) is 6. The predicted octanol–water partition coefficient (Wildman–Crippen LogP) is 5.10. The summed E-state index contributed by atoms with van der Waals surface area (Å²) in [5, 5.41) is 3.14. The van der Waals surface area contributed by atoms with Gasteiger partial charge in [-0.05, 0) is 54.1 Å². The smallest absolute Gasteiger partial charge is 0.433 e. The van der Waals surface area contributed by atoms with E-state index in [1.807, 2.05) is 53.4 Å². The summed E-state index contributed by atoms with van der Waals surface area (Å²) in [5.74, 6) is -0.176. The van der Waals surface area contributed by atoms with Crippen LogP contribution in [-0.2, 0) is 19.3 Å². The molecule has 0 atom stereocenters. The number of benzene rings is 2. The molecule has 5 rings (SSSR count). The summed E-state index contributed by atoms with van der Waals surface area (Å²) in [4.78, 5) is 21.1. The van der Waals surface area contributed by atoms with Gasteiger partial charge in [-0.15, -0.1) is 0 Å². The Labute approximate surface area is 214 Å². The maximum Gasteiger partial charge on any atom is 0.433 e. The minimum atomic E-state index is -4.63. The fourth-order valence-electron chi connectivity index (χ4n) is 4.08. The third kappa shape index (κ3) is 4.83. The summed E-state index contributed by atoms with van der Waals surface area (Å²) >= 11 is 0. The largest absolute Gasteiger partial charge is 0.494 e. The van der Waals surface area contributed by atoms with Crippen molar-refractivity contribution in [2.24, 2.45) is 5.73 Å². The van der Waals surface area contributed by atoms with Crippen LogP contribution in [0.3, 0.4) is 0 Å². The number of methoxy groups -OCH3 is 1. The van der Waals surface area contributed by atoms with E-state index in [-0.39, 0.29) is 41.7 Å². The van der Waals surface area contributed by atoms with E-state index in [4.69, 9.17) is 14.9 Å². The van der Waals surface area contributed by atoms with E-state index < -0.39 is 17.8 Å². The molecule has 38 heavy (non-hydrogen) atoms. The molecule has 2 aromatic carbocycles. The Morgan fingerprint density at radius 3 is 2.58 bits per heavy atom. The Bertz CT molecular complexity index is 1610. The van der Waals surface area contributed by atoms with Gasteiger partial charge in [0.2, 0.25) is 5.89 Å². The second kappa shape index (κ2) is 10.0. The lowest BCUT2D eigenvalue weighted by atomic mass is 10.1. The van der Waals surface area contributed by atoms with Crippen molar-refractivity contribution >= 4 is 16.8 Å². The van der Waals surface area contributed by atoms with Gasteiger partial charge in [-0.25, -0.2) is 9.97 Å². The lowest BCUT2D eigenvalue weighted by Gasteiger charge is -2.11. The van der Waals surface area contributed by atoms with Gasteiger partial charge in [0, 0.05) is 35.6 Å². The van der Waals surface area contributed by atoms with Gasteiger partial charge in [0.1, 0.15) is 17.0 Å². The fourth-order valence-corrected chi connectivity index (χ4v) is 4.08. The maximum atomic E-state index is 13.3. The Morgan fingerprint density at radius 1 is 1.08 bits per heavy atom. The van der Waals surface area contributed by atoms with Gasteiger partial charge in [-0.1, -0.05) is 12.1 Å². The monoisotopic (exact) mass is 521 g/mol. The van der Waals surface area contributed by atoms with E-state index in [9.17, 15) is 18.0 Å². The number of carbonyl (C=O) groups is 1. The summed E-state index contributed by atoms with van der Waals surface area (Å²) in [7, 11) is 1.34. The summed E-state index contributed by atoms with van der Waals surface area (Å²) < 4.78 is 52.7. The summed E-state index contributed by atoms with van der Waals surface area (Å²) in [5.41, 5.74) is 6.89. The highest BCUT2D eigenvalue weighted by molar-refractivity contribution is 5.98. The molecule has 3 N–H and O–H groups in total. The number of amides is 1. The molecule has 0 saturated carbocycles. The van der Waals surface area contributed by atoms with Crippen molar-refractivity contribution in [2.75, 3.05) is 7.11 Å². The fraction of sp³-hybridized carbons (Fsp3) is 0.148. The van der Waals surface area contributed by atoms with Crippen molar-refractivity contribution in [3.8, 4) is 22.9 Å². The Balaban J connectivity index is 1.44. The molecule has 0 saturated heterocycles. The molecule has 8 nitrogen and oxygen atoms in total. The standard InChI is InChI=1S/C27H22F3N5O3/c1-37-20-9-7-19(18-8-10-22(27(28,29)30)33-23(18)20)26-34-24(21(14-31)38-26)25(36)32-15-16-5-4-6-17(13-16)35-11-2-3-12-35/h2-13H,14-15,31H2,1H3,(H,32,36). The lowest BCUT2D eigenvalue weighted by Crippen LogP contribution is -2.24. The van der Waals surface area contributed by atoms with Gasteiger partial charge in [-0.2, -0.15) is 13.2 Å². The number of nitrogens with zero attached hydrogens (tertiary/aromatic N) is 3. The molecule has 194 valence electrons. The van der Waals surface area contributed by atoms with E-state index >= 15 is 0 Å². The highest BCUT2D eigenvalue weighted by atomic mass is 19.4. The average molecular weight is 521 g/mol. The first-order chi connectivity index (χ1) is 18.3. The number of alkyl halides is 3. The third-order valence-corrected chi connectivity index (χ3v) is 5.92. The first kappa shape index (κ1) is 25.0. The van der Waals surface area contributed by atoms with E-state index in [0.29, 0.717) is 10.9 Å². The first-order valence-corrected chi connectivity index (χ1v) is 11.5. The lowest BCUT2D eigenvalue weighted by molar-refractivity contribution is -0.140. The molecule has 1 amide bonds. The number of carbonyl (C=O) groups excluding carboxylic acids is 1. The summed E-state index contributed by atoms with van der Waals surface area (Å²) in [6, 6.07) is 16.7. The molecule has 11 heteroatoms. The van der Waals surface area contributed by atoms with Crippen LogP contribution in [0.15, 0.2) is 77.5 Å². The van der Waals surface area contributed by atoms with Crippen LogP contribution in [0, 0.1) is 0 Å². The molecule has 0 fully saturated rings. The van der Waals surface area contributed by atoms with Crippen LogP contribution in [0.25, 0.3) is 28.0 Å². The summed E-state index contributed by atoms with van der Waals surface area (Å²) in [6.07, 6.45) is -0.785. The van der Waals surface area contributed by atoms with Crippen LogP contribution in [0.4, 0.5) is 13.2 Å². The number of nitrogens with two attached hydrogens (primary N) is 1. The van der Waals surface area contributed by atoms with Crippen molar-refractivity contribution in [3.63, 3.8) is 0 Å². The summed E-state index contributed by atoms with van der Waals surface area (Å²) in [6.45, 7) is 0.124. The molecule has 3 aromatic heterocycles. The molecule has 0 spiro atoms. The van der Waals surface area contributed by atoms with Crippen LogP contribution in [0.1, 0.15) is 27.5 Å². The number of ether oxygens (including phenoxy) is 1. The Kier molecular flexibility index (Phi) is 6.60. The average Bonchev–Trinajstić information content (AvgIpc) is 3.61. The molecular weight excluding hydrogens is 499 g/mol. The second-order valence-electron chi connectivity index (χ2n) is 8.34. The van der Waals surface area contributed by atoms with Crippen molar-refractivity contribution in [3.05, 3.63) is 95.8 Å². The number of rotatable bonds is 7. The SMILES string of the molecule is COc1ccc(-c2nc(C(=O)NCc3cccc(-n4cccc4)c3)c(CN)o2)c2ccc(C(F)(F)F)nc12. The minimum Gasteiger partial charge on any atom is -0.494 e. The molecule has 0 aliphatic rings. The Hall–Kier alpha value is -4.64. The molecule has 0 aliphatic carbocycles. The number of fused-ring (bicyclic) bond motifs is 1. The molecule has 0 unspecified atom stereocenters. The van der Waals surface area contributed by atoms with Crippen LogP contribution in [-0.4, -0.2) is 27.6 Å². The second-order valence-corrected chi connectivity index (χ2v) is 8.34. The zero-order valence-electron chi connectivity index (χ0n) is 20.1.